The van der Waals surface area contributed by atoms with E-state index in [1.807, 2.05) is 51.4 Å². The van der Waals surface area contributed by atoms with Crippen LogP contribution in [0.3, 0.4) is 0 Å². The second kappa shape index (κ2) is 6.33. The van der Waals surface area contributed by atoms with E-state index in [4.69, 9.17) is 4.74 Å². The fraction of sp³-hybridized carbons (Fsp3) is 0.556. The van der Waals surface area contributed by atoms with Crippen molar-refractivity contribution in [3.8, 4) is 0 Å². The third-order valence-electron chi connectivity index (χ3n) is 4.35. The number of aliphatic hydroxyl groups is 1. The summed E-state index contributed by atoms with van der Waals surface area (Å²) in [5, 5.41) is 10.3. The van der Waals surface area contributed by atoms with E-state index < -0.39 is 11.7 Å². The number of carbonyl (C=O) groups is 1. The number of rotatable bonds is 1. The Balaban J connectivity index is 1.92. The van der Waals surface area contributed by atoms with E-state index >= 15 is 0 Å². The lowest BCUT2D eigenvalue weighted by atomic mass is 9.88. The van der Waals surface area contributed by atoms with Crippen LogP contribution in [0.15, 0.2) is 23.7 Å². The highest BCUT2D eigenvalue weighted by molar-refractivity contribution is 7.16. The molecule has 1 amide bonds. The van der Waals surface area contributed by atoms with Crippen LogP contribution in [0, 0.1) is 5.92 Å². The van der Waals surface area contributed by atoms with Crippen molar-refractivity contribution in [1.29, 1.82) is 0 Å². The fourth-order valence-electron chi connectivity index (χ4n) is 3.07. The molecule has 0 unspecified atom stereocenters. The molecule has 0 aliphatic carbocycles. The number of ether oxygens (including phenoxy) is 1. The number of aromatic nitrogens is 1. The molecule has 0 radical (unpaired) electrons. The Morgan fingerprint density at radius 1 is 1.42 bits per heavy atom. The largest absolute Gasteiger partial charge is 0.444 e. The zero-order valence-corrected chi connectivity index (χ0v) is 15.3. The van der Waals surface area contributed by atoms with E-state index in [-0.39, 0.29) is 18.1 Å². The number of nitrogens with zero attached hydrogens (tertiary/aromatic N) is 2. The first-order chi connectivity index (χ1) is 11.2. The molecule has 5 nitrogen and oxygen atoms in total. The summed E-state index contributed by atoms with van der Waals surface area (Å²) in [5.41, 5.74) is 3.19. The molecule has 0 saturated carbocycles. The standard InChI is InChI=1S/C18H24N2O3S/c1-11-9-20(17(22)23-18(2,3)4)14(8-15(11)21)12-5-6-16-13(7-12)19-10-24-16/h5-7,10-11,14-15,21H,8-9H2,1-4H3/t11-,14-,15+/m0/s1. The Morgan fingerprint density at radius 3 is 2.88 bits per heavy atom. The van der Waals surface area contributed by atoms with Gasteiger partial charge in [-0.15, -0.1) is 11.3 Å². The Bertz CT molecular complexity index is 737. The quantitative estimate of drug-likeness (QED) is 0.847. The summed E-state index contributed by atoms with van der Waals surface area (Å²) >= 11 is 1.59. The van der Waals surface area contributed by atoms with E-state index in [1.165, 1.54) is 0 Å². The molecule has 1 aliphatic rings. The van der Waals surface area contributed by atoms with Gasteiger partial charge in [-0.05, 0) is 50.8 Å². The maximum atomic E-state index is 12.7. The van der Waals surface area contributed by atoms with Gasteiger partial charge in [-0.2, -0.15) is 0 Å². The molecule has 1 saturated heterocycles. The first kappa shape index (κ1) is 17.2. The van der Waals surface area contributed by atoms with Crippen LogP contribution >= 0.6 is 11.3 Å². The van der Waals surface area contributed by atoms with Gasteiger partial charge in [-0.25, -0.2) is 9.78 Å². The number of hydrogen-bond acceptors (Lipinski definition) is 5. The molecule has 24 heavy (non-hydrogen) atoms. The highest BCUT2D eigenvalue weighted by atomic mass is 32.1. The van der Waals surface area contributed by atoms with Crippen molar-refractivity contribution in [3.05, 3.63) is 29.3 Å². The van der Waals surface area contributed by atoms with Gasteiger partial charge in [0.25, 0.3) is 0 Å². The van der Waals surface area contributed by atoms with E-state index in [0.29, 0.717) is 13.0 Å². The maximum Gasteiger partial charge on any atom is 0.410 e. The third kappa shape index (κ3) is 3.54. The van der Waals surface area contributed by atoms with E-state index in [0.717, 1.165) is 15.8 Å². The summed E-state index contributed by atoms with van der Waals surface area (Å²) < 4.78 is 6.69. The minimum atomic E-state index is -0.542. The van der Waals surface area contributed by atoms with Crippen LogP contribution in [-0.4, -0.2) is 39.3 Å². The number of amides is 1. The van der Waals surface area contributed by atoms with Crippen molar-refractivity contribution in [2.24, 2.45) is 5.92 Å². The van der Waals surface area contributed by atoms with Gasteiger partial charge in [0.1, 0.15) is 5.60 Å². The lowest BCUT2D eigenvalue weighted by molar-refractivity contribution is -0.0271. The van der Waals surface area contributed by atoms with Gasteiger partial charge in [0.15, 0.2) is 0 Å². The van der Waals surface area contributed by atoms with Gasteiger partial charge >= 0.3 is 6.09 Å². The molecule has 1 fully saturated rings. The van der Waals surface area contributed by atoms with Crippen LogP contribution < -0.4 is 0 Å². The van der Waals surface area contributed by atoms with E-state index in [2.05, 4.69) is 4.98 Å². The number of benzene rings is 1. The second-order valence-electron chi connectivity index (χ2n) is 7.51. The molecule has 2 aromatic rings. The molecule has 0 bridgehead atoms. The highest BCUT2D eigenvalue weighted by Gasteiger charge is 2.38. The van der Waals surface area contributed by atoms with Crippen molar-refractivity contribution in [1.82, 2.24) is 9.88 Å². The molecule has 3 rings (SSSR count). The predicted molar refractivity (Wildman–Crippen MR) is 95.1 cm³/mol. The molecular weight excluding hydrogens is 324 g/mol. The summed E-state index contributed by atoms with van der Waals surface area (Å²) in [6, 6.07) is 5.86. The summed E-state index contributed by atoms with van der Waals surface area (Å²) in [6.45, 7) is 8.04. The average molecular weight is 348 g/mol. The number of aliphatic hydroxyl groups excluding tert-OH is 1. The van der Waals surface area contributed by atoms with Gasteiger partial charge in [0, 0.05) is 6.54 Å². The van der Waals surface area contributed by atoms with Crippen molar-refractivity contribution in [3.63, 3.8) is 0 Å². The molecule has 3 atom stereocenters. The normalized spacial score (nSPS) is 25.0. The first-order valence-corrected chi connectivity index (χ1v) is 9.13. The monoisotopic (exact) mass is 348 g/mol. The predicted octanol–water partition coefficient (Wildman–Crippen LogP) is 3.98. The molecule has 2 heterocycles. The maximum absolute atomic E-state index is 12.7. The number of fused-ring (bicyclic) bond motifs is 1. The van der Waals surface area contributed by atoms with Gasteiger partial charge in [0.05, 0.1) is 27.9 Å². The molecule has 1 aromatic carbocycles. The smallest absolute Gasteiger partial charge is 0.410 e. The molecule has 1 aliphatic heterocycles. The highest BCUT2D eigenvalue weighted by Crippen LogP contribution is 2.36. The molecule has 0 spiro atoms. The Hall–Kier alpha value is -1.66. The lowest BCUT2D eigenvalue weighted by Gasteiger charge is -2.41. The Kier molecular flexibility index (Phi) is 4.53. The van der Waals surface area contributed by atoms with Gasteiger partial charge in [-0.3, -0.25) is 0 Å². The van der Waals surface area contributed by atoms with Crippen molar-refractivity contribution in [2.75, 3.05) is 6.54 Å². The number of likely N-dealkylation sites (tertiary alicyclic amines) is 1. The van der Waals surface area contributed by atoms with E-state index in [1.54, 1.807) is 16.2 Å². The van der Waals surface area contributed by atoms with Crippen LogP contribution in [0.2, 0.25) is 0 Å². The lowest BCUT2D eigenvalue weighted by Crippen LogP contribution is -2.48. The van der Waals surface area contributed by atoms with Gasteiger partial charge in [0.2, 0.25) is 0 Å². The summed E-state index contributed by atoms with van der Waals surface area (Å²) in [7, 11) is 0. The van der Waals surface area contributed by atoms with Crippen molar-refractivity contribution >= 4 is 27.6 Å². The SMILES string of the molecule is C[C@H]1CN(C(=O)OC(C)(C)C)[C@H](c2ccc3scnc3c2)C[C@H]1O. The van der Waals surface area contributed by atoms with Crippen LogP contribution in [0.4, 0.5) is 4.79 Å². The Labute approximate surface area is 146 Å². The molecular formula is C18H24N2O3S. The van der Waals surface area contributed by atoms with Crippen LogP contribution in [0.1, 0.15) is 45.7 Å². The van der Waals surface area contributed by atoms with Crippen molar-refractivity contribution < 1.29 is 14.6 Å². The topological polar surface area (TPSA) is 62.7 Å². The zero-order valence-electron chi connectivity index (χ0n) is 14.5. The molecule has 1 N–H and O–H groups in total. The summed E-state index contributed by atoms with van der Waals surface area (Å²) in [6.07, 6.45) is -0.250. The van der Waals surface area contributed by atoms with Crippen LogP contribution in [0.25, 0.3) is 10.2 Å². The van der Waals surface area contributed by atoms with Crippen LogP contribution in [-0.2, 0) is 4.74 Å². The van der Waals surface area contributed by atoms with Gasteiger partial charge in [-0.1, -0.05) is 13.0 Å². The number of carbonyl (C=O) groups excluding carboxylic acids is 1. The number of thiazole rings is 1. The first-order valence-electron chi connectivity index (χ1n) is 8.25. The van der Waals surface area contributed by atoms with Crippen LogP contribution in [0.5, 0.6) is 0 Å². The minimum absolute atomic E-state index is 0.0248. The second-order valence-corrected chi connectivity index (χ2v) is 8.39. The number of hydrogen-bond donors (Lipinski definition) is 1. The third-order valence-corrected chi connectivity index (χ3v) is 5.16. The van der Waals surface area contributed by atoms with E-state index in [9.17, 15) is 9.90 Å². The van der Waals surface area contributed by atoms with Crippen molar-refractivity contribution in [2.45, 2.75) is 51.9 Å². The fourth-order valence-corrected chi connectivity index (χ4v) is 3.73. The summed E-state index contributed by atoms with van der Waals surface area (Å²) in [4.78, 5) is 18.8. The number of piperidine rings is 1. The minimum Gasteiger partial charge on any atom is -0.444 e. The molecule has 1 aromatic heterocycles. The summed E-state index contributed by atoms with van der Waals surface area (Å²) in [5.74, 6) is 0.0248. The van der Waals surface area contributed by atoms with Gasteiger partial charge < -0.3 is 14.7 Å². The average Bonchev–Trinajstić information content (AvgIpc) is 2.95. The zero-order chi connectivity index (χ0) is 17.5. The molecule has 130 valence electrons. The molecule has 6 heteroatoms. The Morgan fingerprint density at radius 2 is 2.17 bits per heavy atom.